The summed E-state index contributed by atoms with van der Waals surface area (Å²) in [6.45, 7) is 0.654. The molecule has 0 fully saturated rings. The van der Waals surface area contributed by atoms with E-state index in [1.165, 1.54) is 32.2 Å². The highest BCUT2D eigenvalue weighted by molar-refractivity contribution is 7.89. The molecule has 0 aliphatic heterocycles. The third kappa shape index (κ3) is 5.62. The van der Waals surface area contributed by atoms with Gasteiger partial charge in [-0.25, -0.2) is 13.2 Å². The molecule has 2 N–H and O–H groups in total. The van der Waals surface area contributed by atoms with Gasteiger partial charge in [0.25, 0.3) is 5.91 Å². The van der Waals surface area contributed by atoms with E-state index in [4.69, 9.17) is 4.74 Å². The molecule has 1 atom stereocenters. The first-order chi connectivity index (χ1) is 13.2. The van der Waals surface area contributed by atoms with Crippen LogP contribution in [0.15, 0.2) is 46.7 Å². The molecule has 1 amide bonds. The monoisotopic (exact) mass is 426 g/mol. The van der Waals surface area contributed by atoms with Gasteiger partial charge in [0.05, 0.1) is 17.7 Å². The van der Waals surface area contributed by atoms with E-state index in [0.717, 1.165) is 11.3 Å². The van der Waals surface area contributed by atoms with Crippen molar-refractivity contribution in [3.8, 4) is 0 Å². The molecule has 0 spiro atoms. The molecular formula is C17H18N2O7S2. The van der Waals surface area contributed by atoms with Crippen molar-refractivity contribution in [2.75, 3.05) is 19.0 Å². The van der Waals surface area contributed by atoms with Crippen molar-refractivity contribution >= 4 is 44.9 Å². The molecule has 1 aromatic heterocycles. The first-order valence-corrected chi connectivity index (χ1v) is 10.3. The van der Waals surface area contributed by atoms with Gasteiger partial charge in [-0.15, -0.1) is 11.3 Å². The van der Waals surface area contributed by atoms with Gasteiger partial charge >= 0.3 is 11.9 Å². The molecule has 11 heteroatoms. The second kappa shape index (κ2) is 9.44. The maximum absolute atomic E-state index is 12.2. The van der Waals surface area contributed by atoms with Gasteiger partial charge in [0.2, 0.25) is 10.0 Å². The number of amides is 1. The second-order valence-corrected chi connectivity index (χ2v) is 8.10. The molecule has 2 aromatic rings. The highest BCUT2D eigenvalue weighted by atomic mass is 32.2. The van der Waals surface area contributed by atoms with E-state index >= 15 is 0 Å². The molecule has 28 heavy (non-hydrogen) atoms. The number of carbonyl (C=O) groups excluding carboxylic acids is 3. The third-order valence-electron chi connectivity index (χ3n) is 3.39. The van der Waals surface area contributed by atoms with Crippen LogP contribution in [-0.2, 0) is 29.1 Å². The number of methoxy groups -OCH3 is 1. The number of ether oxygens (including phenoxy) is 2. The molecule has 0 saturated carbocycles. The van der Waals surface area contributed by atoms with Gasteiger partial charge in [-0.1, -0.05) is 18.2 Å². The summed E-state index contributed by atoms with van der Waals surface area (Å²) in [4.78, 5) is 35.7. The summed E-state index contributed by atoms with van der Waals surface area (Å²) >= 11 is 1.08. The maximum Gasteiger partial charge on any atom is 0.350 e. The van der Waals surface area contributed by atoms with Gasteiger partial charge in [-0.2, -0.15) is 4.72 Å². The van der Waals surface area contributed by atoms with Crippen LogP contribution < -0.4 is 10.0 Å². The minimum absolute atomic E-state index is 0.000176. The van der Waals surface area contributed by atoms with Crippen LogP contribution in [0.25, 0.3) is 0 Å². The summed E-state index contributed by atoms with van der Waals surface area (Å²) < 4.78 is 36.0. The number of esters is 2. The zero-order valence-corrected chi connectivity index (χ0v) is 16.6. The quantitative estimate of drug-likeness (QED) is 0.610. The molecule has 0 aliphatic carbocycles. The van der Waals surface area contributed by atoms with Crippen molar-refractivity contribution in [2.24, 2.45) is 0 Å². The second-order valence-electron chi connectivity index (χ2n) is 5.47. The van der Waals surface area contributed by atoms with E-state index < -0.39 is 40.5 Å². The standard InChI is InChI=1S/C17H18N2O7S2/c1-11(19-28(23,24)12-6-4-3-5-7-12)16(21)26-10-14(20)18-13-8-9-27-15(13)17(22)25-2/h3-9,11,19H,10H2,1-2H3,(H,18,20)/t11-/m0/s1. The van der Waals surface area contributed by atoms with Gasteiger partial charge in [0, 0.05) is 0 Å². The summed E-state index contributed by atoms with van der Waals surface area (Å²) in [5.74, 6) is -2.21. The Morgan fingerprint density at radius 3 is 2.46 bits per heavy atom. The van der Waals surface area contributed by atoms with Gasteiger partial charge in [-0.3, -0.25) is 9.59 Å². The number of hydrogen-bond donors (Lipinski definition) is 2. The molecule has 0 radical (unpaired) electrons. The zero-order chi connectivity index (χ0) is 20.7. The van der Waals surface area contributed by atoms with Crippen molar-refractivity contribution in [1.82, 2.24) is 4.72 Å². The number of hydrogen-bond acceptors (Lipinski definition) is 8. The highest BCUT2D eigenvalue weighted by Gasteiger charge is 2.24. The van der Waals surface area contributed by atoms with Crippen LogP contribution >= 0.6 is 11.3 Å². The predicted octanol–water partition coefficient (Wildman–Crippen LogP) is 1.38. The first kappa shape index (κ1) is 21.5. The van der Waals surface area contributed by atoms with Crippen LogP contribution in [0.2, 0.25) is 0 Å². The molecule has 150 valence electrons. The lowest BCUT2D eigenvalue weighted by Crippen LogP contribution is -2.40. The van der Waals surface area contributed by atoms with Crippen LogP contribution in [-0.4, -0.2) is 46.0 Å². The fourth-order valence-electron chi connectivity index (χ4n) is 2.05. The summed E-state index contributed by atoms with van der Waals surface area (Å²) in [5, 5.41) is 4.02. The Balaban J connectivity index is 1.88. The largest absolute Gasteiger partial charge is 0.465 e. The Kier molecular flexibility index (Phi) is 7.26. The Labute approximate surface area is 165 Å². The van der Waals surface area contributed by atoms with Gasteiger partial charge in [0.15, 0.2) is 6.61 Å². The van der Waals surface area contributed by atoms with E-state index in [2.05, 4.69) is 14.8 Å². The third-order valence-corrected chi connectivity index (χ3v) is 5.85. The molecule has 1 heterocycles. The van der Waals surface area contributed by atoms with Crippen LogP contribution in [0.5, 0.6) is 0 Å². The van der Waals surface area contributed by atoms with E-state index in [-0.39, 0.29) is 15.5 Å². The fraction of sp³-hybridized carbons (Fsp3) is 0.235. The van der Waals surface area contributed by atoms with Crippen LogP contribution in [0.1, 0.15) is 16.6 Å². The maximum atomic E-state index is 12.2. The normalized spacial score (nSPS) is 12.1. The number of nitrogens with one attached hydrogen (secondary N) is 2. The molecule has 0 unspecified atom stereocenters. The van der Waals surface area contributed by atoms with E-state index in [1.807, 2.05) is 0 Å². The predicted molar refractivity (Wildman–Crippen MR) is 101 cm³/mol. The van der Waals surface area contributed by atoms with Crippen molar-refractivity contribution in [3.63, 3.8) is 0 Å². The van der Waals surface area contributed by atoms with Crippen molar-refractivity contribution in [2.45, 2.75) is 17.9 Å². The molecule has 1 aromatic carbocycles. The minimum Gasteiger partial charge on any atom is -0.465 e. The highest BCUT2D eigenvalue weighted by Crippen LogP contribution is 2.23. The lowest BCUT2D eigenvalue weighted by atomic mass is 10.3. The molecule has 9 nitrogen and oxygen atoms in total. The lowest BCUT2D eigenvalue weighted by Gasteiger charge is -2.13. The number of rotatable bonds is 8. The smallest absolute Gasteiger partial charge is 0.350 e. The van der Waals surface area contributed by atoms with Crippen molar-refractivity contribution in [1.29, 1.82) is 0 Å². The van der Waals surface area contributed by atoms with Gasteiger partial charge < -0.3 is 14.8 Å². The number of anilines is 1. The average Bonchev–Trinajstić information content (AvgIpc) is 3.13. The van der Waals surface area contributed by atoms with Crippen LogP contribution in [0, 0.1) is 0 Å². The Hall–Kier alpha value is -2.76. The topological polar surface area (TPSA) is 128 Å². The molecule has 2 rings (SSSR count). The summed E-state index contributed by atoms with van der Waals surface area (Å²) in [7, 11) is -2.69. The van der Waals surface area contributed by atoms with Crippen LogP contribution in [0.3, 0.4) is 0 Å². The molecule has 0 aliphatic rings. The Morgan fingerprint density at radius 2 is 1.82 bits per heavy atom. The van der Waals surface area contributed by atoms with Crippen LogP contribution in [0.4, 0.5) is 5.69 Å². The van der Waals surface area contributed by atoms with Crippen molar-refractivity contribution in [3.05, 3.63) is 46.7 Å². The first-order valence-electron chi connectivity index (χ1n) is 7.94. The summed E-state index contributed by atoms with van der Waals surface area (Å²) in [5.41, 5.74) is 0.232. The van der Waals surface area contributed by atoms with Gasteiger partial charge in [0.1, 0.15) is 10.9 Å². The number of sulfonamides is 1. The average molecular weight is 426 g/mol. The number of thiophene rings is 1. The summed E-state index contributed by atoms with van der Waals surface area (Å²) in [6, 6.07) is 7.83. The lowest BCUT2D eigenvalue weighted by molar-refractivity contribution is -0.148. The van der Waals surface area contributed by atoms with Gasteiger partial charge in [-0.05, 0) is 30.5 Å². The van der Waals surface area contributed by atoms with Crippen molar-refractivity contribution < 1.29 is 32.3 Å². The molecular weight excluding hydrogens is 408 g/mol. The number of carbonyl (C=O) groups is 3. The zero-order valence-electron chi connectivity index (χ0n) is 15.0. The fourth-order valence-corrected chi connectivity index (χ4v) is 4.03. The van der Waals surface area contributed by atoms with E-state index in [0.29, 0.717) is 0 Å². The molecule has 0 saturated heterocycles. The molecule has 0 bridgehead atoms. The van der Waals surface area contributed by atoms with E-state index in [9.17, 15) is 22.8 Å². The Bertz CT molecular complexity index is 955. The Morgan fingerprint density at radius 1 is 1.14 bits per heavy atom. The minimum atomic E-state index is -3.90. The van der Waals surface area contributed by atoms with E-state index in [1.54, 1.807) is 23.6 Å². The number of benzene rings is 1. The summed E-state index contributed by atoms with van der Waals surface area (Å²) in [6.07, 6.45) is 0. The SMILES string of the molecule is COC(=O)c1sccc1NC(=O)COC(=O)[C@H](C)NS(=O)(=O)c1ccccc1.